The summed E-state index contributed by atoms with van der Waals surface area (Å²) in [6.45, 7) is 5.04. The first-order chi connectivity index (χ1) is 7.74. The molecule has 0 spiro atoms. The van der Waals surface area contributed by atoms with Crippen molar-refractivity contribution in [3.8, 4) is 0 Å². The second kappa shape index (κ2) is 5.53. The van der Waals surface area contributed by atoms with Crippen LogP contribution in [0.1, 0.15) is 24.2 Å². The van der Waals surface area contributed by atoms with Crippen molar-refractivity contribution in [3.05, 3.63) is 17.5 Å². The summed E-state index contributed by atoms with van der Waals surface area (Å²) in [5, 5.41) is 3.36. The van der Waals surface area contributed by atoms with Gasteiger partial charge in [-0.05, 0) is 50.2 Å². The number of aryl methyl sites for hydroxylation is 2. The number of thioether (sulfide) groups is 1. The minimum atomic E-state index is 0.788. The molecule has 1 saturated heterocycles. The van der Waals surface area contributed by atoms with Gasteiger partial charge in [0, 0.05) is 17.9 Å². The van der Waals surface area contributed by atoms with Crippen LogP contribution in [0.3, 0.4) is 0 Å². The summed E-state index contributed by atoms with van der Waals surface area (Å²) in [4.78, 5) is 8.78. The van der Waals surface area contributed by atoms with Gasteiger partial charge < -0.3 is 5.32 Å². The number of aromatic nitrogens is 2. The Morgan fingerprint density at radius 1 is 1.25 bits per heavy atom. The van der Waals surface area contributed by atoms with Crippen LogP contribution in [0.4, 0.5) is 5.95 Å². The fourth-order valence-corrected chi connectivity index (χ4v) is 3.20. The molecule has 0 bridgehead atoms. The molecule has 1 N–H and O–H groups in total. The van der Waals surface area contributed by atoms with Crippen LogP contribution in [-0.4, -0.2) is 28.0 Å². The van der Waals surface area contributed by atoms with Crippen molar-refractivity contribution >= 4 is 17.7 Å². The standard InChI is InChI=1S/C12H19N3S/c1-9-7-10(2)15-12(14-9)13-8-11-3-5-16-6-4-11/h7,11H,3-6,8H2,1-2H3,(H,13,14,15). The minimum absolute atomic E-state index is 0.788. The molecule has 0 aliphatic carbocycles. The fraction of sp³-hybridized carbons (Fsp3) is 0.667. The van der Waals surface area contributed by atoms with E-state index in [1.54, 1.807) is 0 Å². The van der Waals surface area contributed by atoms with Crippen molar-refractivity contribution in [2.75, 3.05) is 23.4 Å². The Hall–Kier alpha value is -0.770. The highest BCUT2D eigenvalue weighted by atomic mass is 32.2. The average molecular weight is 237 g/mol. The quantitative estimate of drug-likeness (QED) is 0.877. The topological polar surface area (TPSA) is 37.8 Å². The maximum absolute atomic E-state index is 4.39. The highest BCUT2D eigenvalue weighted by Crippen LogP contribution is 2.22. The maximum atomic E-state index is 4.39. The van der Waals surface area contributed by atoms with E-state index in [2.05, 4.69) is 27.0 Å². The van der Waals surface area contributed by atoms with Crippen LogP contribution in [0.2, 0.25) is 0 Å². The van der Waals surface area contributed by atoms with E-state index in [9.17, 15) is 0 Å². The molecule has 0 atom stereocenters. The third-order valence-corrected chi connectivity index (χ3v) is 3.92. The van der Waals surface area contributed by atoms with E-state index in [0.717, 1.165) is 29.8 Å². The Balaban J connectivity index is 1.88. The van der Waals surface area contributed by atoms with Crippen LogP contribution in [0.25, 0.3) is 0 Å². The van der Waals surface area contributed by atoms with Gasteiger partial charge in [0.05, 0.1) is 0 Å². The Bertz CT molecular complexity index is 328. The highest BCUT2D eigenvalue weighted by molar-refractivity contribution is 7.99. The van der Waals surface area contributed by atoms with Crippen LogP contribution in [0, 0.1) is 19.8 Å². The van der Waals surface area contributed by atoms with Gasteiger partial charge in [0.2, 0.25) is 5.95 Å². The van der Waals surface area contributed by atoms with Crippen LogP contribution in [0.15, 0.2) is 6.07 Å². The molecule has 16 heavy (non-hydrogen) atoms. The SMILES string of the molecule is Cc1cc(C)nc(NCC2CCSCC2)n1. The molecule has 0 aromatic carbocycles. The van der Waals surface area contributed by atoms with Gasteiger partial charge in [-0.15, -0.1) is 0 Å². The largest absolute Gasteiger partial charge is 0.354 e. The van der Waals surface area contributed by atoms with E-state index in [1.165, 1.54) is 24.3 Å². The Morgan fingerprint density at radius 2 is 1.88 bits per heavy atom. The first-order valence-corrected chi connectivity index (χ1v) is 7.03. The lowest BCUT2D eigenvalue weighted by Gasteiger charge is -2.21. The summed E-state index contributed by atoms with van der Waals surface area (Å²) < 4.78 is 0. The summed E-state index contributed by atoms with van der Waals surface area (Å²) in [6, 6.07) is 2.00. The van der Waals surface area contributed by atoms with Crippen molar-refractivity contribution < 1.29 is 0 Å². The predicted octanol–water partition coefficient (Wildman–Crippen LogP) is 2.65. The van der Waals surface area contributed by atoms with Crippen molar-refractivity contribution in [1.29, 1.82) is 0 Å². The maximum Gasteiger partial charge on any atom is 0.223 e. The molecular weight excluding hydrogens is 218 g/mol. The highest BCUT2D eigenvalue weighted by Gasteiger charge is 2.13. The number of rotatable bonds is 3. The number of hydrogen-bond acceptors (Lipinski definition) is 4. The van der Waals surface area contributed by atoms with E-state index >= 15 is 0 Å². The third-order valence-electron chi connectivity index (χ3n) is 2.87. The van der Waals surface area contributed by atoms with Gasteiger partial charge in [-0.2, -0.15) is 11.8 Å². The number of anilines is 1. The van der Waals surface area contributed by atoms with Gasteiger partial charge in [0.15, 0.2) is 0 Å². The van der Waals surface area contributed by atoms with Crippen LogP contribution < -0.4 is 5.32 Å². The van der Waals surface area contributed by atoms with E-state index in [1.807, 2.05) is 19.9 Å². The number of nitrogens with zero attached hydrogens (tertiary/aromatic N) is 2. The fourth-order valence-electron chi connectivity index (χ4n) is 1.99. The smallest absolute Gasteiger partial charge is 0.223 e. The van der Waals surface area contributed by atoms with Gasteiger partial charge in [-0.1, -0.05) is 0 Å². The normalized spacial score (nSPS) is 17.4. The average Bonchev–Trinajstić information content (AvgIpc) is 2.27. The summed E-state index contributed by atoms with van der Waals surface area (Å²) in [6.07, 6.45) is 2.64. The Labute approximate surface area is 101 Å². The van der Waals surface area contributed by atoms with Crippen LogP contribution in [0.5, 0.6) is 0 Å². The number of nitrogens with one attached hydrogen (secondary N) is 1. The first-order valence-electron chi connectivity index (χ1n) is 5.88. The zero-order chi connectivity index (χ0) is 11.4. The molecule has 88 valence electrons. The summed E-state index contributed by atoms with van der Waals surface area (Å²) in [5.41, 5.74) is 2.07. The van der Waals surface area contributed by atoms with Gasteiger partial charge >= 0.3 is 0 Å². The van der Waals surface area contributed by atoms with E-state index < -0.39 is 0 Å². The molecule has 0 radical (unpaired) electrons. The first kappa shape index (κ1) is 11.7. The molecule has 1 aromatic heterocycles. The monoisotopic (exact) mass is 237 g/mol. The van der Waals surface area contributed by atoms with E-state index in [0.29, 0.717) is 0 Å². The molecular formula is C12H19N3S. The Kier molecular flexibility index (Phi) is 4.04. The van der Waals surface area contributed by atoms with Crippen LogP contribution >= 0.6 is 11.8 Å². The van der Waals surface area contributed by atoms with Gasteiger partial charge in [-0.25, -0.2) is 9.97 Å². The Morgan fingerprint density at radius 3 is 2.50 bits per heavy atom. The van der Waals surface area contributed by atoms with Gasteiger partial charge in [0.25, 0.3) is 0 Å². The van der Waals surface area contributed by atoms with E-state index in [4.69, 9.17) is 0 Å². The molecule has 2 rings (SSSR count). The number of hydrogen-bond donors (Lipinski definition) is 1. The second-order valence-electron chi connectivity index (χ2n) is 4.41. The van der Waals surface area contributed by atoms with Crippen molar-refractivity contribution in [2.45, 2.75) is 26.7 Å². The molecule has 1 aromatic rings. The van der Waals surface area contributed by atoms with E-state index in [-0.39, 0.29) is 0 Å². The lowest BCUT2D eigenvalue weighted by Crippen LogP contribution is -2.20. The zero-order valence-corrected chi connectivity index (χ0v) is 10.8. The molecule has 0 unspecified atom stereocenters. The molecule has 1 aliphatic rings. The van der Waals surface area contributed by atoms with Crippen LogP contribution in [-0.2, 0) is 0 Å². The molecule has 3 nitrogen and oxygen atoms in total. The summed E-state index contributed by atoms with van der Waals surface area (Å²) >= 11 is 2.07. The summed E-state index contributed by atoms with van der Waals surface area (Å²) in [7, 11) is 0. The predicted molar refractivity (Wildman–Crippen MR) is 70.0 cm³/mol. The lowest BCUT2D eigenvalue weighted by molar-refractivity contribution is 0.514. The minimum Gasteiger partial charge on any atom is -0.354 e. The third kappa shape index (κ3) is 3.37. The molecule has 4 heteroatoms. The molecule has 0 amide bonds. The molecule has 1 fully saturated rings. The van der Waals surface area contributed by atoms with Crippen molar-refractivity contribution in [1.82, 2.24) is 9.97 Å². The molecule has 0 saturated carbocycles. The van der Waals surface area contributed by atoms with Gasteiger partial charge in [-0.3, -0.25) is 0 Å². The lowest BCUT2D eigenvalue weighted by atomic mass is 10.0. The molecule has 1 aliphatic heterocycles. The second-order valence-corrected chi connectivity index (χ2v) is 5.64. The van der Waals surface area contributed by atoms with Crippen molar-refractivity contribution in [2.24, 2.45) is 5.92 Å². The van der Waals surface area contributed by atoms with Gasteiger partial charge in [0.1, 0.15) is 0 Å². The molecule has 2 heterocycles. The zero-order valence-electron chi connectivity index (χ0n) is 9.99. The van der Waals surface area contributed by atoms with Crippen molar-refractivity contribution in [3.63, 3.8) is 0 Å². The summed E-state index contributed by atoms with van der Waals surface area (Å²) in [5.74, 6) is 4.20.